The van der Waals surface area contributed by atoms with Crippen molar-refractivity contribution in [1.82, 2.24) is 9.97 Å². The highest BCUT2D eigenvalue weighted by atomic mass is 16.5. The van der Waals surface area contributed by atoms with E-state index in [4.69, 9.17) is 4.74 Å². The van der Waals surface area contributed by atoms with E-state index < -0.39 is 0 Å². The molecular weight excluding hydrogens is 264 g/mol. The second-order valence-electron chi connectivity index (χ2n) is 5.31. The van der Waals surface area contributed by atoms with E-state index in [1.54, 1.807) is 7.11 Å². The third kappa shape index (κ3) is 4.08. The lowest BCUT2D eigenvalue weighted by Gasteiger charge is -2.14. The Balaban J connectivity index is 2.31. The van der Waals surface area contributed by atoms with Crippen molar-refractivity contribution in [2.75, 3.05) is 17.7 Å². The van der Waals surface area contributed by atoms with Gasteiger partial charge in [-0.05, 0) is 45.4 Å². The minimum absolute atomic E-state index is 0.320. The van der Waals surface area contributed by atoms with Gasteiger partial charge in [0.25, 0.3) is 0 Å². The lowest BCUT2D eigenvalue weighted by Crippen LogP contribution is -2.12. The van der Waals surface area contributed by atoms with Gasteiger partial charge in [0.15, 0.2) is 0 Å². The molecule has 0 atom stereocenters. The lowest BCUT2D eigenvalue weighted by molar-refractivity contribution is 0.416. The highest BCUT2D eigenvalue weighted by Crippen LogP contribution is 2.28. The van der Waals surface area contributed by atoms with Crippen LogP contribution in [0.2, 0.25) is 0 Å². The molecule has 0 aliphatic rings. The molecule has 0 saturated carbocycles. The molecule has 2 rings (SSSR count). The molecule has 0 radical (unpaired) electrons. The summed E-state index contributed by atoms with van der Waals surface area (Å²) in [5, 5.41) is 6.59. The standard InChI is InChI=1S/C16H22N4O/c1-10(2)17-15-9-16(19-12(4)18-15)20-13-8-11(3)6-7-14(13)21-5/h6-10H,1-5H3,(H2,17,18,19,20). The molecule has 0 fully saturated rings. The van der Waals surface area contributed by atoms with Gasteiger partial charge in [-0.2, -0.15) is 0 Å². The Morgan fingerprint density at radius 3 is 2.43 bits per heavy atom. The average molecular weight is 286 g/mol. The first-order valence-corrected chi connectivity index (χ1v) is 7.02. The molecule has 0 aliphatic heterocycles. The van der Waals surface area contributed by atoms with Crippen molar-refractivity contribution in [3.05, 3.63) is 35.7 Å². The summed E-state index contributed by atoms with van der Waals surface area (Å²) in [4.78, 5) is 8.81. The fourth-order valence-electron chi connectivity index (χ4n) is 2.06. The fourth-order valence-corrected chi connectivity index (χ4v) is 2.06. The molecule has 0 bridgehead atoms. The van der Waals surface area contributed by atoms with Crippen LogP contribution >= 0.6 is 0 Å². The molecule has 5 heteroatoms. The van der Waals surface area contributed by atoms with E-state index in [-0.39, 0.29) is 0 Å². The van der Waals surface area contributed by atoms with Crippen molar-refractivity contribution in [3.8, 4) is 5.75 Å². The van der Waals surface area contributed by atoms with E-state index in [2.05, 4.69) is 34.4 Å². The van der Waals surface area contributed by atoms with Crippen molar-refractivity contribution < 1.29 is 4.74 Å². The number of nitrogens with zero attached hydrogens (tertiary/aromatic N) is 2. The van der Waals surface area contributed by atoms with E-state index >= 15 is 0 Å². The molecule has 1 heterocycles. The summed E-state index contributed by atoms with van der Waals surface area (Å²) in [7, 11) is 1.66. The number of methoxy groups -OCH3 is 1. The van der Waals surface area contributed by atoms with Crippen LogP contribution in [-0.4, -0.2) is 23.1 Å². The zero-order valence-corrected chi connectivity index (χ0v) is 13.2. The fraction of sp³-hybridized carbons (Fsp3) is 0.375. The SMILES string of the molecule is COc1ccc(C)cc1Nc1cc(NC(C)C)nc(C)n1. The Hall–Kier alpha value is -2.30. The number of ether oxygens (including phenoxy) is 1. The van der Waals surface area contributed by atoms with Gasteiger partial charge in [-0.25, -0.2) is 9.97 Å². The Kier molecular flexibility index (Phi) is 4.62. The minimum Gasteiger partial charge on any atom is -0.495 e. The van der Waals surface area contributed by atoms with Gasteiger partial charge in [0.2, 0.25) is 0 Å². The normalized spacial score (nSPS) is 10.6. The van der Waals surface area contributed by atoms with Crippen molar-refractivity contribution in [3.63, 3.8) is 0 Å². The highest BCUT2D eigenvalue weighted by molar-refractivity contribution is 5.66. The van der Waals surface area contributed by atoms with Gasteiger partial charge in [0.05, 0.1) is 12.8 Å². The molecule has 0 amide bonds. The number of aryl methyl sites for hydroxylation is 2. The van der Waals surface area contributed by atoms with Gasteiger partial charge >= 0.3 is 0 Å². The third-order valence-corrected chi connectivity index (χ3v) is 2.89. The van der Waals surface area contributed by atoms with Gasteiger partial charge in [-0.15, -0.1) is 0 Å². The van der Waals surface area contributed by atoms with Crippen LogP contribution in [0.25, 0.3) is 0 Å². The molecule has 2 N–H and O–H groups in total. The van der Waals surface area contributed by atoms with Crippen LogP contribution in [-0.2, 0) is 0 Å². The summed E-state index contributed by atoms with van der Waals surface area (Å²) in [6.45, 7) is 8.08. The van der Waals surface area contributed by atoms with Crippen molar-refractivity contribution in [2.24, 2.45) is 0 Å². The van der Waals surface area contributed by atoms with Crippen LogP contribution in [0.3, 0.4) is 0 Å². The van der Waals surface area contributed by atoms with Gasteiger partial charge in [0.1, 0.15) is 23.2 Å². The molecule has 1 aromatic carbocycles. The summed E-state index contributed by atoms with van der Waals surface area (Å²) in [5.41, 5.74) is 2.05. The van der Waals surface area contributed by atoms with Crippen LogP contribution in [0.4, 0.5) is 17.3 Å². The summed E-state index contributed by atoms with van der Waals surface area (Å²) in [6, 6.07) is 8.21. The molecule has 21 heavy (non-hydrogen) atoms. The van der Waals surface area contributed by atoms with Crippen molar-refractivity contribution in [1.29, 1.82) is 0 Å². The number of nitrogens with one attached hydrogen (secondary N) is 2. The average Bonchev–Trinajstić information content (AvgIpc) is 2.37. The predicted molar refractivity (Wildman–Crippen MR) is 86.5 cm³/mol. The molecule has 5 nitrogen and oxygen atoms in total. The quantitative estimate of drug-likeness (QED) is 0.878. The van der Waals surface area contributed by atoms with Crippen molar-refractivity contribution >= 4 is 17.3 Å². The molecule has 0 unspecified atom stereocenters. The smallest absolute Gasteiger partial charge is 0.142 e. The molecule has 0 saturated heterocycles. The van der Waals surface area contributed by atoms with Crippen LogP contribution in [0.15, 0.2) is 24.3 Å². The summed E-state index contributed by atoms with van der Waals surface area (Å²) < 4.78 is 5.38. The zero-order valence-electron chi connectivity index (χ0n) is 13.2. The predicted octanol–water partition coefficient (Wildman–Crippen LogP) is 3.67. The summed E-state index contributed by atoms with van der Waals surface area (Å²) in [6.07, 6.45) is 0. The molecule has 1 aromatic heterocycles. The Labute approximate surface area is 125 Å². The first-order valence-electron chi connectivity index (χ1n) is 7.02. The zero-order chi connectivity index (χ0) is 15.4. The van der Waals surface area contributed by atoms with Crippen LogP contribution in [0.5, 0.6) is 5.75 Å². The number of hydrogen-bond donors (Lipinski definition) is 2. The Bertz CT molecular complexity index is 626. The first kappa shape index (κ1) is 15.1. The van der Waals surface area contributed by atoms with Crippen molar-refractivity contribution in [2.45, 2.75) is 33.7 Å². The van der Waals surface area contributed by atoms with E-state index in [9.17, 15) is 0 Å². The maximum absolute atomic E-state index is 5.38. The van der Waals surface area contributed by atoms with Gasteiger partial charge < -0.3 is 15.4 Å². The van der Waals surface area contributed by atoms with Crippen LogP contribution < -0.4 is 15.4 Å². The number of rotatable bonds is 5. The molecule has 0 aliphatic carbocycles. The number of hydrogen-bond acceptors (Lipinski definition) is 5. The molecule has 2 aromatic rings. The third-order valence-electron chi connectivity index (χ3n) is 2.89. The van der Waals surface area contributed by atoms with E-state index in [1.807, 2.05) is 38.1 Å². The summed E-state index contributed by atoms with van der Waals surface area (Å²) >= 11 is 0. The second-order valence-corrected chi connectivity index (χ2v) is 5.31. The van der Waals surface area contributed by atoms with E-state index in [1.165, 1.54) is 0 Å². The van der Waals surface area contributed by atoms with Gasteiger partial charge in [0, 0.05) is 12.1 Å². The van der Waals surface area contributed by atoms with E-state index in [0.717, 1.165) is 34.5 Å². The largest absolute Gasteiger partial charge is 0.495 e. The van der Waals surface area contributed by atoms with Crippen LogP contribution in [0, 0.1) is 13.8 Å². The Morgan fingerprint density at radius 1 is 1.05 bits per heavy atom. The number of aromatic nitrogens is 2. The Morgan fingerprint density at radius 2 is 1.76 bits per heavy atom. The molecular formula is C16H22N4O. The van der Waals surface area contributed by atoms with Gasteiger partial charge in [-0.3, -0.25) is 0 Å². The minimum atomic E-state index is 0.320. The highest BCUT2D eigenvalue weighted by Gasteiger charge is 2.07. The first-order chi connectivity index (χ1) is 9.97. The lowest BCUT2D eigenvalue weighted by atomic mass is 10.2. The number of benzene rings is 1. The van der Waals surface area contributed by atoms with Gasteiger partial charge in [-0.1, -0.05) is 6.07 Å². The molecule has 0 spiro atoms. The summed E-state index contributed by atoms with van der Waals surface area (Å²) in [5.74, 6) is 3.06. The topological polar surface area (TPSA) is 59.1 Å². The second kappa shape index (κ2) is 6.43. The number of anilines is 3. The van der Waals surface area contributed by atoms with Crippen LogP contribution in [0.1, 0.15) is 25.2 Å². The monoisotopic (exact) mass is 286 g/mol. The van der Waals surface area contributed by atoms with E-state index in [0.29, 0.717) is 6.04 Å². The maximum atomic E-state index is 5.38. The molecule has 112 valence electrons. The maximum Gasteiger partial charge on any atom is 0.142 e.